The number of nitrogens with one attached hydrogen (secondary N) is 2. The van der Waals surface area contributed by atoms with Gasteiger partial charge in [0.15, 0.2) is 5.76 Å². The number of thiophene rings is 1. The fourth-order valence-electron chi connectivity index (χ4n) is 3.08. The van der Waals surface area contributed by atoms with Gasteiger partial charge in [-0.2, -0.15) is 0 Å². The predicted molar refractivity (Wildman–Crippen MR) is 120 cm³/mol. The molecule has 7 nitrogen and oxygen atoms in total. The number of rotatable bonds is 6. The second-order valence-electron chi connectivity index (χ2n) is 7.06. The third-order valence-corrected chi connectivity index (χ3v) is 7.26. The average Bonchev–Trinajstić information content (AvgIpc) is 3.25. The standard InChI is InChI=1S/C21H23N3O4S2/c1-12-10-13(2)20(14(3)11-12)24-30(26,27)19-9-7-17(29-19)6-8-18-21(22-16(5)25)15(4)23-28-18/h6-11,24H,1-5H3,(H,22,25)/b8-6+. The maximum absolute atomic E-state index is 12.9. The highest BCUT2D eigenvalue weighted by Crippen LogP contribution is 2.29. The molecule has 3 aromatic rings. The monoisotopic (exact) mass is 445 g/mol. The molecule has 158 valence electrons. The van der Waals surface area contributed by atoms with Crippen molar-refractivity contribution in [3.63, 3.8) is 0 Å². The van der Waals surface area contributed by atoms with Gasteiger partial charge in [0.25, 0.3) is 10.0 Å². The summed E-state index contributed by atoms with van der Waals surface area (Å²) >= 11 is 1.13. The second kappa shape index (κ2) is 8.45. The van der Waals surface area contributed by atoms with Crippen LogP contribution in [0.2, 0.25) is 0 Å². The molecule has 2 aromatic heterocycles. The largest absolute Gasteiger partial charge is 0.354 e. The molecule has 0 radical (unpaired) electrons. The number of sulfonamides is 1. The van der Waals surface area contributed by atoms with Crippen molar-refractivity contribution in [2.45, 2.75) is 38.8 Å². The van der Waals surface area contributed by atoms with Crippen LogP contribution in [0.1, 0.15) is 39.9 Å². The third kappa shape index (κ3) is 4.80. The van der Waals surface area contributed by atoms with Gasteiger partial charge >= 0.3 is 0 Å². The maximum atomic E-state index is 12.9. The van der Waals surface area contributed by atoms with Crippen LogP contribution in [0.15, 0.2) is 33.0 Å². The first kappa shape index (κ1) is 21.8. The normalized spacial score (nSPS) is 11.8. The topological polar surface area (TPSA) is 101 Å². The summed E-state index contributed by atoms with van der Waals surface area (Å²) in [6, 6.07) is 7.16. The Morgan fingerprint density at radius 3 is 2.37 bits per heavy atom. The van der Waals surface area contributed by atoms with E-state index in [1.807, 2.05) is 32.9 Å². The zero-order chi connectivity index (χ0) is 22.1. The molecule has 0 saturated carbocycles. The van der Waals surface area contributed by atoms with Gasteiger partial charge in [-0.1, -0.05) is 22.9 Å². The lowest BCUT2D eigenvalue weighted by Crippen LogP contribution is -2.13. The highest BCUT2D eigenvalue weighted by atomic mass is 32.2. The fraction of sp³-hybridized carbons (Fsp3) is 0.238. The van der Waals surface area contributed by atoms with Crippen molar-refractivity contribution in [2.75, 3.05) is 10.0 Å². The Kier molecular flexibility index (Phi) is 6.14. The number of aromatic nitrogens is 1. The molecule has 0 spiro atoms. The molecular weight excluding hydrogens is 422 g/mol. The van der Waals surface area contributed by atoms with E-state index in [4.69, 9.17) is 4.52 Å². The first-order chi connectivity index (χ1) is 14.1. The molecule has 0 aliphatic heterocycles. The molecular formula is C21H23N3O4S2. The molecule has 0 fully saturated rings. The number of carbonyl (C=O) groups excluding carboxylic acids is 1. The average molecular weight is 446 g/mol. The lowest BCUT2D eigenvalue weighted by atomic mass is 10.1. The number of hydrogen-bond donors (Lipinski definition) is 2. The molecule has 0 atom stereocenters. The zero-order valence-electron chi connectivity index (χ0n) is 17.4. The highest BCUT2D eigenvalue weighted by molar-refractivity contribution is 7.94. The number of nitrogens with zero attached hydrogens (tertiary/aromatic N) is 1. The number of benzene rings is 1. The molecule has 1 amide bonds. The highest BCUT2D eigenvalue weighted by Gasteiger charge is 2.19. The van der Waals surface area contributed by atoms with E-state index in [0.717, 1.165) is 32.9 Å². The van der Waals surface area contributed by atoms with E-state index < -0.39 is 10.0 Å². The number of aryl methyl sites for hydroxylation is 4. The van der Waals surface area contributed by atoms with E-state index in [9.17, 15) is 13.2 Å². The quantitative estimate of drug-likeness (QED) is 0.562. The molecule has 0 aliphatic carbocycles. The number of carbonyl (C=O) groups is 1. The molecule has 30 heavy (non-hydrogen) atoms. The van der Waals surface area contributed by atoms with Gasteiger partial charge in [0, 0.05) is 11.8 Å². The Morgan fingerprint density at radius 1 is 1.07 bits per heavy atom. The van der Waals surface area contributed by atoms with Gasteiger partial charge in [-0.25, -0.2) is 8.42 Å². The summed E-state index contributed by atoms with van der Waals surface area (Å²) in [5.74, 6) is 0.165. The molecule has 2 heterocycles. The van der Waals surface area contributed by atoms with Crippen molar-refractivity contribution in [1.82, 2.24) is 5.16 Å². The van der Waals surface area contributed by atoms with Crippen molar-refractivity contribution < 1.29 is 17.7 Å². The van der Waals surface area contributed by atoms with Gasteiger partial charge in [-0.05, 0) is 63.1 Å². The van der Waals surface area contributed by atoms with E-state index in [-0.39, 0.29) is 10.1 Å². The maximum Gasteiger partial charge on any atom is 0.271 e. The Labute approximate surface area is 179 Å². The van der Waals surface area contributed by atoms with Gasteiger partial charge in [-0.15, -0.1) is 11.3 Å². The first-order valence-corrected chi connectivity index (χ1v) is 11.5. The van der Waals surface area contributed by atoms with Crippen molar-refractivity contribution >= 4 is 50.8 Å². The zero-order valence-corrected chi connectivity index (χ0v) is 19.0. The van der Waals surface area contributed by atoms with Gasteiger partial charge in [0.05, 0.1) is 5.69 Å². The van der Waals surface area contributed by atoms with Gasteiger partial charge in [0.2, 0.25) is 5.91 Å². The molecule has 2 N–H and O–H groups in total. The summed E-state index contributed by atoms with van der Waals surface area (Å²) in [6.45, 7) is 8.87. The minimum absolute atomic E-state index is 0.206. The number of anilines is 2. The van der Waals surface area contributed by atoms with E-state index in [1.54, 1.807) is 31.2 Å². The van der Waals surface area contributed by atoms with Crippen LogP contribution in [0.25, 0.3) is 12.2 Å². The van der Waals surface area contributed by atoms with Crippen LogP contribution in [0.4, 0.5) is 11.4 Å². The molecule has 0 bridgehead atoms. The van der Waals surface area contributed by atoms with Crippen LogP contribution < -0.4 is 10.0 Å². The summed E-state index contributed by atoms with van der Waals surface area (Å²) in [7, 11) is -3.71. The molecule has 0 unspecified atom stereocenters. The number of amides is 1. The smallest absolute Gasteiger partial charge is 0.271 e. The van der Waals surface area contributed by atoms with E-state index >= 15 is 0 Å². The predicted octanol–water partition coefficient (Wildman–Crippen LogP) is 4.90. The Morgan fingerprint density at radius 2 is 1.73 bits per heavy atom. The van der Waals surface area contributed by atoms with Crippen molar-refractivity contribution in [3.05, 3.63) is 57.3 Å². The van der Waals surface area contributed by atoms with Crippen molar-refractivity contribution in [3.8, 4) is 0 Å². The van der Waals surface area contributed by atoms with E-state index in [1.165, 1.54) is 6.92 Å². The Bertz CT molecular complexity index is 1210. The Hall–Kier alpha value is -2.91. The summed E-state index contributed by atoms with van der Waals surface area (Å²) in [4.78, 5) is 12.1. The van der Waals surface area contributed by atoms with Gasteiger partial charge in [0.1, 0.15) is 15.6 Å². The van der Waals surface area contributed by atoms with Gasteiger partial charge < -0.3 is 9.84 Å². The third-order valence-electron chi connectivity index (χ3n) is 4.37. The van der Waals surface area contributed by atoms with Crippen LogP contribution in [0.5, 0.6) is 0 Å². The number of hydrogen-bond acceptors (Lipinski definition) is 6. The van der Waals surface area contributed by atoms with Crippen LogP contribution in [0.3, 0.4) is 0 Å². The van der Waals surface area contributed by atoms with Crippen molar-refractivity contribution in [2.24, 2.45) is 0 Å². The summed E-state index contributed by atoms with van der Waals surface area (Å²) in [6.07, 6.45) is 3.37. The molecule has 0 saturated heterocycles. The molecule has 0 aliphatic rings. The fourth-order valence-corrected chi connectivity index (χ4v) is 5.51. The Balaban J connectivity index is 1.83. The summed E-state index contributed by atoms with van der Waals surface area (Å²) in [5.41, 5.74) is 4.49. The summed E-state index contributed by atoms with van der Waals surface area (Å²) < 4.78 is 33.9. The SMILES string of the molecule is CC(=O)Nc1c(C)noc1/C=C/c1ccc(S(=O)(=O)Nc2c(C)cc(C)cc2C)s1. The van der Waals surface area contributed by atoms with Crippen LogP contribution in [0, 0.1) is 27.7 Å². The van der Waals surface area contributed by atoms with Crippen LogP contribution >= 0.6 is 11.3 Å². The lowest BCUT2D eigenvalue weighted by molar-refractivity contribution is -0.114. The van der Waals surface area contributed by atoms with E-state index in [2.05, 4.69) is 15.2 Å². The molecule has 3 rings (SSSR count). The van der Waals surface area contributed by atoms with Crippen molar-refractivity contribution in [1.29, 1.82) is 0 Å². The van der Waals surface area contributed by atoms with Crippen LogP contribution in [-0.4, -0.2) is 19.5 Å². The van der Waals surface area contributed by atoms with Crippen LogP contribution in [-0.2, 0) is 14.8 Å². The van der Waals surface area contributed by atoms with E-state index in [0.29, 0.717) is 22.8 Å². The second-order valence-corrected chi connectivity index (χ2v) is 10.1. The first-order valence-electron chi connectivity index (χ1n) is 9.19. The molecule has 9 heteroatoms. The minimum atomic E-state index is -3.71. The summed E-state index contributed by atoms with van der Waals surface area (Å²) in [5, 5.41) is 6.53. The minimum Gasteiger partial charge on any atom is -0.354 e. The lowest BCUT2D eigenvalue weighted by Gasteiger charge is -2.13. The van der Waals surface area contributed by atoms with Gasteiger partial charge in [-0.3, -0.25) is 9.52 Å². The molecule has 1 aromatic carbocycles.